The molecule has 1 heterocycles. The number of carbonyl (C=O) groups excluding carboxylic acids is 2. The summed E-state index contributed by atoms with van der Waals surface area (Å²) in [5.41, 5.74) is 0. The van der Waals surface area contributed by atoms with Gasteiger partial charge < -0.3 is 10.2 Å². The minimum Gasteiger partial charge on any atom is -0.343 e. The third-order valence-corrected chi connectivity index (χ3v) is 4.28. The molecule has 0 radical (unpaired) electrons. The Hall–Kier alpha value is -0.710. The van der Waals surface area contributed by atoms with Crippen LogP contribution >= 0.6 is 11.8 Å². The number of thioether (sulfide) groups is 1. The molecule has 0 spiro atoms. The lowest BCUT2D eigenvalue weighted by molar-refractivity contribution is -0.149. The summed E-state index contributed by atoms with van der Waals surface area (Å²) in [5, 5.41) is 2.89. The molecule has 1 N–H and O–H groups in total. The summed E-state index contributed by atoms with van der Waals surface area (Å²) >= 11 is 1.81. The van der Waals surface area contributed by atoms with E-state index < -0.39 is 0 Å². The van der Waals surface area contributed by atoms with E-state index in [0.717, 1.165) is 37.2 Å². The molecule has 1 aliphatic rings. The monoisotopic (exact) mass is 286 g/mol. The molecule has 2 atom stereocenters. The number of hydrogen-bond acceptors (Lipinski definition) is 3. The van der Waals surface area contributed by atoms with Crippen molar-refractivity contribution < 1.29 is 9.59 Å². The second-order valence-electron chi connectivity index (χ2n) is 4.88. The normalized spacial score (nSPS) is 23.6. The maximum absolute atomic E-state index is 12.4. The van der Waals surface area contributed by atoms with Gasteiger partial charge in [0.2, 0.25) is 11.8 Å². The van der Waals surface area contributed by atoms with E-state index in [1.54, 1.807) is 0 Å². The molecule has 0 aromatic rings. The van der Waals surface area contributed by atoms with Gasteiger partial charge in [-0.25, -0.2) is 0 Å². The minimum atomic E-state index is -0.308. The lowest BCUT2D eigenvalue weighted by Gasteiger charge is -2.39. The molecule has 0 bridgehead atoms. The highest BCUT2D eigenvalue weighted by molar-refractivity contribution is 7.99. The summed E-state index contributed by atoms with van der Waals surface area (Å²) in [6, 6.07) is -0.569. The number of nitrogens with zero attached hydrogens (tertiary/aromatic N) is 1. The zero-order chi connectivity index (χ0) is 14.3. The largest absolute Gasteiger partial charge is 0.343 e. The van der Waals surface area contributed by atoms with Gasteiger partial charge in [0.15, 0.2) is 0 Å². The molecule has 0 aromatic heterocycles. The molecule has 110 valence electrons. The Bertz CT molecular complexity index is 310. The van der Waals surface area contributed by atoms with Gasteiger partial charge >= 0.3 is 0 Å². The molecule has 1 fully saturated rings. The molecule has 19 heavy (non-hydrogen) atoms. The molecule has 2 unspecified atom stereocenters. The molecular weight excluding hydrogens is 260 g/mol. The lowest BCUT2D eigenvalue weighted by atomic mass is 10.0. The van der Waals surface area contributed by atoms with E-state index in [0.29, 0.717) is 6.54 Å². The van der Waals surface area contributed by atoms with Crippen molar-refractivity contribution in [1.82, 2.24) is 10.2 Å². The highest BCUT2D eigenvalue weighted by Gasteiger charge is 2.38. The number of carbonyl (C=O) groups is 2. The highest BCUT2D eigenvalue weighted by atomic mass is 32.2. The van der Waals surface area contributed by atoms with Crippen LogP contribution in [0.2, 0.25) is 0 Å². The molecule has 2 amide bonds. The average molecular weight is 286 g/mol. The second kappa shape index (κ2) is 8.46. The summed E-state index contributed by atoms with van der Waals surface area (Å²) in [6.07, 6.45) is 3.32. The maximum Gasteiger partial charge on any atom is 0.245 e. The third-order valence-electron chi connectivity index (χ3n) is 3.40. The Labute approximate surface area is 120 Å². The summed E-state index contributed by atoms with van der Waals surface area (Å²) in [4.78, 5) is 26.4. The first-order chi connectivity index (χ1) is 9.15. The van der Waals surface area contributed by atoms with E-state index in [-0.39, 0.29) is 23.9 Å². The van der Waals surface area contributed by atoms with Crippen LogP contribution in [0.15, 0.2) is 0 Å². The Kier molecular flexibility index (Phi) is 7.28. The van der Waals surface area contributed by atoms with Gasteiger partial charge in [-0.15, -0.1) is 0 Å². The molecule has 1 saturated heterocycles. The van der Waals surface area contributed by atoms with Gasteiger partial charge in [0.1, 0.15) is 12.1 Å². The zero-order valence-electron chi connectivity index (χ0n) is 12.3. The van der Waals surface area contributed by atoms with Crippen LogP contribution in [-0.2, 0) is 9.59 Å². The van der Waals surface area contributed by atoms with Crippen LogP contribution in [0.25, 0.3) is 0 Å². The Morgan fingerprint density at radius 2 is 1.84 bits per heavy atom. The highest BCUT2D eigenvalue weighted by Crippen LogP contribution is 2.18. The van der Waals surface area contributed by atoms with Gasteiger partial charge in [0, 0.05) is 12.3 Å². The topological polar surface area (TPSA) is 49.4 Å². The first-order valence-corrected chi connectivity index (χ1v) is 8.49. The number of hydrogen-bond donors (Lipinski definition) is 1. The predicted molar refractivity (Wildman–Crippen MR) is 80.2 cm³/mol. The number of piperazine rings is 1. The molecule has 1 aliphatic heterocycles. The Balaban J connectivity index is 2.74. The molecular formula is C14H26N2O2S. The van der Waals surface area contributed by atoms with E-state index in [1.165, 1.54) is 0 Å². The summed E-state index contributed by atoms with van der Waals surface area (Å²) in [7, 11) is 0. The maximum atomic E-state index is 12.4. The number of amides is 2. The van der Waals surface area contributed by atoms with E-state index in [9.17, 15) is 9.59 Å². The fourth-order valence-corrected chi connectivity index (χ4v) is 3.06. The molecule has 0 saturated carbocycles. The first kappa shape index (κ1) is 16.3. The van der Waals surface area contributed by atoms with Crippen LogP contribution in [0.1, 0.15) is 46.5 Å². The summed E-state index contributed by atoms with van der Waals surface area (Å²) in [6.45, 7) is 6.89. The minimum absolute atomic E-state index is 0.0291. The summed E-state index contributed by atoms with van der Waals surface area (Å²) in [5.74, 6) is 2.10. The van der Waals surface area contributed by atoms with Gasteiger partial charge in [0.05, 0.1) is 0 Å². The van der Waals surface area contributed by atoms with Crippen LogP contribution in [0, 0.1) is 0 Å². The van der Waals surface area contributed by atoms with E-state index in [4.69, 9.17) is 0 Å². The van der Waals surface area contributed by atoms with Crippen molar-refractivity contribution in [1.29, 1.82) is 0 Å². The number of nitrogens with one attached hydrogen (secondary N) is 1. The van der Waals surface area contributed by atoms with Gasteiger partial charge in [-0.2, -0.15) is 11.8 Å². The van der Waals surface area contributed by atoms with Crippen LogP contribution in [0.4, 0.5) is 0 Å². The fraction of sp³-hybridized carbons (Fsp3) is 0.857. The van der Waals surface area contributed by atoms with Gasteiger partial charge in [0.25, 0.3) is 0 Å². The van der Waals surface area contributed by atoms with Crippen molar-refractivity contribution in [2.75, 3.05) is 18.1 Å². The molecule has 1 rings (SSSR count). The van der Waals surface area contributed by atoms with Gasteiger partial charge in [-0.05, 0) is 18.6 Å². The predicted octanol–water partition coefficient (Wildman–Crippen LogP) is 2.04. The van der Waals surface area contributed by atoms with Gasteiger partial charge in [-0.1, -0.05) is 33.6 Å². The van der Waals surface area contributed by atoms with Crippen LogP contribution in [0.5, 0.6) is 0 Å². The van der Waals surface area contributed by atoms with Crippen LogP contribution < -0.4 is 5.32 Å². The second-order valence-corrected chi connectivity index (χ2v) is 6.28. The zero-order valence-corrected chi connectivity index (χ0v) is 13.1. The molecule has 0 aliphatic carbocycles. The first-order valence-electron chi connectivity index (χ1n) is 7.34. The van der Waals surface area contributed by atoms with Crippen molar-refractivity contribution in [3.8, 4) is 0 Å². The van der Waals surface area contributed by atoms with E-state index in [2.05, 4.69) is 19.2 Å². The van der Waals surface area contributed by atoms with Crippen molar-refractivity contribution in [2.24, 2.45) is 0 Å². The SMILES string of the molecule is CCCC1NC(=O)C(CCC)N(CCSCC)C1=O. The van der Waals surface area contributed by atoms with Crippen molar-refractivity contribution >= 4 is 23.6 Å². The lowest BCUT2D eigenvalue weighted by Crippen LogP contribution is -2.63. The standard InChI is InChI=1S/C14H26N2O2S/c1-4-7-11-14(18)16(9-10-19-6-3)12(8-5-2)13(17)15-11/h11-12H,4-10H2,1-3H3,(H,15,17). The summed E-state index contributed by atoms with van der Waals surface area (Å²) < 4.78 is 0. The van der Waals surface area contributed by atoms with E-state index >= 15 is 0 Å². The smallest absolute Gasteiger partial charge is 0.245 e. The molecule has 4 nitrogen and oxygen atoms in total. The average Bonchev–Trinajstić information content (AvgIpc) is 2.39. The van der Waals surface area contributed by atoms with Crippen molar-refractivity contribution in [2.45, 2.75) is 58.5 Å². The van der Waals surface area contributed by atoms with E-state index in [1.807, 2.05) is 23.6 Å². The van der Waals surface area contributed by atoms with Crippen molar-refractivity contribution in [3.05, 3.63) is 0 Å². The van der Waals surface area contributed by atoms with Crippen LogP contribution in [-0.4, -0.2) is 46.8 Å². The fourth-order valence-electron chi connectivity index (χ4n) is 2.44. The van der Waals surface area contributed by atoms with Crippen molar-refractivity contribution in [3.63, 3.8) is 0 Å². The molecule has 0 aromatic carbocycles. The van der Waals surface area contributed by atoms with Crippen LogP contribution in [0.3, 0.4) is 0 Å². The quantitative estimate of drug-likeness (QED) is 0.695. The van der Waals surface area contributed by atoms with Gasteiger partial charge in [-0.3, -0.25) is 9.59 Å². The molecule has 5 heteroatoms. The Morgan fingerprint density at radius 3 is 2.42 bits per heavy atom. The Morgan fingerprint density at radius 1 is 1.16 bits per heavy atom. The number of rotatable bonds is 8. The third kappa shape index (κ3) is 4.41.